The lowest BCUT2D eigenvalue weighted by Crippen LogP contribution is -3.12. The predicted molar refractivity (Wildman–Crippen MR) is 117 cm³/mol. The predicted octanol–water partition coefficient (Wildman–Crippen LogP) is 2.87. The Morgan fingerprint density at radius 1 is 1.27 bits per heavy atom. The van der Waals surface area contributed by atoms with Crippen molar-refractivity contribution in [1.29, 1.82) is 0 Å². The molecule has 3 heterocycles. The Hall–Kier alpha value is -3.12. The van der Waals surface area contributed by atoms with Crippen LogP contribution >= 0.6 is 0 Å². The molecule has 0 bridgehead atoms. The van der Waals surface area contributed by atoms with Gasteiger partial charge in [-0.3, -0.25) is 0 Å². The highest BCUT2D eigenvalue weighted by molar-refractivity contribution is 5.86. The standard InChI is InChI=1S/C24H25N3O3/c1-15-6-5-11-27(13-15)14-18-21(28)10-9-16-12-17(24(29)30-22(16)18)23-25-19-7-3-4-8-20(19)26(23)2/h3-4,7-10,12,15,28H,5-6,11,13-14H2,1-2H3/p+1/t15-/m0/s1. The summed E-state index contributed by atoms with van der Waals surface area (Å²) in [5, 5.41) is 11.3. The molecule has 0 aliphatic carbocycles. The lowest BCUT2D eigenvalue weighted by atomic mass is 9.99. The quantitative estimate of drug-likeness (QED) is 0.515. The van der Waals surface area contributed by atoms with E-state index >= 15 is 0 Å². The van der Waals surface area contributed by atoms with Crippen LogP contribution in [0.2, 0.25) is 0 Å². The third-order valence-corrected chi connectivity index (χ3v) is 6.30. The monoisotopic (exact) mass is 404 g/mol. The fourth-order valence-electron chi connectivity index (χ4n) is 4.75. The number of hydrogen-bond donors (Lipinski definition) is 2. The summed E-state index contributed by atoms with van der Waals surface area (Å²) in [5.74, 6) is 1.44. The summed E-state index contributed by atoms with van der Waals surface area (Å²) in [6, 6.07) is 13.1. The first kappa shape index (κ1) is 18.9. The minimum Gasteiger partial charge on any atom is -0.507 e. The topological polar surface area (TPSA) is 72.7 Å². The maximum Gasteiger partial charge on any atom is 0.347 e. The molecule has 0 amide bonds. The summed E-state index contributed by atoms with van der Waals surface area (Å²) in [5.41, 5.74) is 2.98. The number of para-hydroxylation sites is 2. The van der Waals surface area contributed by atoms with Gasteiger partial charge in [0.2, 0.25) is 0 Å². The Balaban J connectivity index is 1.61. The van der Waals surface area contributed by atoms with Gasteiger partial charge in [-0.2, -0.15) is 0 Å². The molecule has 1 saturated heterocycles. The highest BCUT2D eigenvalue weighted by Gasteiger charge is 2.24. The van der Waals surface area contributed by atoms with Gasteiger partial charge in [-0.1, -0.05) is 19.1 Å². The Bertz CT molecular complexity index is 1300. The van der Waals surface area contributed by atoms with Crippen molar-refractivity contribution in [2.75, 3.05) is 13.1 Å². The molecule has 1 fully saturated rings. The van der Waals surface area contributed by atoms with Gasteiger partial charge in [-0.15, -0.1) is 0 Å². The van der Waals surface area contributed by atoms with Crippen molar-refractivity contribution in [1.82, 2.24) is 9.55 Å². The van der Waals surface area contributed by atoms with Gasteiger partial charge in [-0.25, -0.2) is 9.78 Å². The molecule has 4 aromatic rings. The zero-order valence-electron chi connectivity index (χ0n) is 17.3. The lowest BCUT2D eigenvalue weighted by molar-refractivity contribution is -0.922. The zero-order valence-corrected chi connectivity index (χ0v) is 17.3. The number of quaternary nitrogens is 1. The molecule has 0 radical (unpaired) electrons. The third kappa shape index (κ3) is 3.17. The number of aromatic hydroxyl groups is 1. The summed E-state index contributed by atoms with van der Waals surface area (Å²) >= 11 is 0. The summed E-state index contributed by atoms with van der Waals surface area (Å²) in [6.45, 7) is 5.06. The summed E-state index contributed by atoms with van der Waals surface area (Å²) in [6.07, 6.45) is 2.43. The van der Waals surface area contributed by atoms with Gasteiger partial charge in [0, 0.05) is 18.4 Å². The highest BCUT2D eigenvalue weighted by Crippen LogP contribution is 2.29. The van der Waals surface area contributed by atoms with Crippen LogP contribution < -0.4 is 10.5 Å². The van der Waals surface area contributed by atoms with E-state index in [2.05, 4.69) is 11.9 Å². The SMILES string of the molecule is C[C@H]1CCC[NH+](Cc2c(O)ccc3cc(-c4nc5ccccc5n4C)c(=O)oc23)C1. The molecule has 154 valence electrons. The van der Waals surface area contributed by atoms with Gasteiger partial charge in [0.05, 0.1) is 29.7 Å². The Morgan fingerprint density at radius 3 is 2.90 bits per heavy atom. The van der Waals surface area contributed by atoms with Gasteiger partial charge in [-0.05, 0) is 43.2 Å². The van der Waals surface area contributed by atoms with Crippen LogP contribution in [0.5, 0.6) is 5.75 Å². The van der Waals surface area contributed by atoms with Crippen LogP contribution in [0.1, 0.15) is 25.3 Å². The molecule has 2 atom stereocenters. The zero-order chi connectivity index (χ0) is 20.8. The number of fused-ring (bicyclic) bond motifs is 2. The van der Waals surface area contributed by atoms with E-state index in [1.807, 2.05) is 41.9 Å². The molecule has 0 spiro atoms. The first-order valence-corrected chi connectivity index (χ1v) is 10.6. The number of phenols is 1. The average molecular weight is 404 g/mol. The molecule has 30 heavy (non-hydrogen) atoms. The van der Waals surface area contributed by atoms with E-state index in [9.17, 15) is 9.90 Å². The number of aryl methyl sites for hydroxylation is 1. The van der Waals surface area contributed by atoms with Crippen molar-refractivity contribution in [2.45, 2.75) is 26.3 Å². The third-order valence-electron chi connectivity index (χ3n) is 6.30. The first-order valence-electron chi connectivity index (χ1n) is 10.6. The number of nitrogens with zero attached hydrogens (tertiary/aromatic N) is 2. The van der Waals surface area contributed by atoms with Crippen LogP contribution in [0.4, 0.5) is 0 Å². The van der Waals surface area contributed by atoms with Gasteiger partial charge < -0.3 is 19.0 Å². The number of rotatable bonds is 3. The summed E-state index contributed by atoms with van der Waals surface area (Å²) < 4.78 is 7.71. The second kappa shape index (κ2) is 7.29. The van der Waals surface area contributed by atoms with Crippen LogP contribution in [-0.2, 0) is 13.6 Å². The molecular weight excluding hydrogens is 378 g/mol. The van der Waals surface area contributed by atoms with E-state index in [1.54, 1.807) is 12.1 Å². The molecule has 0 saturated carbocycles. The molecule has 1 unspecified atom stereocenters. The summed E-state index contributed by atoms with van der Waals surface area (Å²) in [7, 11) is 1.90. The highest BCUT2D eigenvalue weighted by atomic mass is 16.4. The smallest absolute Gasteiger partial charge is 0.347 e. The van der Waals surface area contributed by atoms with Gasteiger partial charge >= 0.3 is 5.63 Å². The number of benzene rings is 2. The number of phenolic OH excluding ortho intramolecular Hbond substituents is 1. The second-order valence-electron chi connectivity index (χ2n) is 8.54. The number of nitrogens with one attached hydrogen (secondary N) is 1. The van der Waals surface area contributed by atoms with Crippen molar-refractivity contribution >= 4 is 22.0 Å². The van der Waals surface area contributed by atoms with E-state index in [0.29, 0.717) is 35.0 Å². The normalized spacial score (nSPS) is 19.5. The lowest BCUT2D eigenvalue weighted by Gasteiger charge is -2.28. The van der Waals surface area contributed by atoms with E-state index in [1.165, 1.54) is 17.7 Å². The molecule has 2 N–H and O–H groups in total. The van der Waals surface area contributed by atoms with Crippen molar-refractivity contribution in [3.8, 4) is 17.1 Å². The molecule has 6 nitrogen and oxygen atoms in total. The average Bonchev–Trinajstić information content (AvgIpc) is 3.07. The van der Waals surface area contributed by atoms with Crippen LogP contribution in [0, 0.1) is 5.92 Å². The number of likely N-dealkylation sites (tertiary alicyclic amines) is 1. The van der Waals surface area contributed by atoms with Crippen molar-refractivity contribution in [3.05, 3.63) is 58.4 Å². The van der Waals surface area contributed by atoms with E-state index in [-0.39, 0.29) is 5.75 Å². The number of aromatic nitrogens is 2. The number of imidazole rings is 1. The molecule has 1 aliphatic rings. The molecule has 6 heteroatoms. The number of piperidine rings is 1. The molecule has 5 rings (SSSR count). The second-order valence-corrected chi connectivity index (χ2v) is 8.54. The van der Waals surface area contributed by atoms with Crippen molar-refractivity contribution < 1.29 is 14.4 Å². The van der Waals surface area contributed by atoms with Gasteiger partial charge in [0.15, 0.2) is 5.58 Å². The molecular formula is C24H26N3O3+. The first-order chi connectivity index (χ1) is 14.5. The fourth-order valence-corrected chi connectivity index (χ4v) is 4.75. The Labute approximate surface area is 174 Å². The summed E-state index contributed by atoms with van der Waals surface area (Å²) in [4.78, 5) is 19.0. The maximum absolute atomic E-state index is 13.0. The van der Waals surface area contributed by atoms with Crippen LogP contribution in [0.3, 0.4) is 0 Å². The van der Waals surface area contributed by atoms with Crippen LogP contribution in [0.15, 0.2) is 51.7 Å². The van der Waals surface area contributed by atoms with Crippen molar-refractivity contribution in [2.24, 2.45) is 13.0 Å². The van der Waals surface area contributed by atoms with Gasteiger partial charge in [0.25, 0.3) is 0 Å². The molecule has 1 aliphatic heterocycles. The van der Waals surface area contributed by atoms with E-state index in [0.717, 1.165) is 29.5 Å². The molecule has 2 aromatic carbocycles. The molecule has 2 aromatic heterocycles. The number of hydrogen-bond acceptors (Lipinski definition) is 4. The van der Waals surface area contributed by atoms with Crippen LogP contribution in [-0.4, -0.2) is 27.7 Å². The minimum atomic E-state index is -0.435. The van der Waals surface area contributed by atoms with E-state index in [4.69, 9.17) is 4.42 Å². The van der Waals surface area contributed by atoms with Crippen LogP contribution in [0.25, 0.3) is 33.4 Å². The van der Waals surface area contributed by atoms with Gasteiger partial charge in [0.1, 0.15) is 23.7 Å². The fraction of sp³-hybridized carbons (Fsp3) is 0.333. The van der Waals surface area contributed by atoms with Crippen molar-refractivity contribution in [3.63, 3.8) is 0 Å². The minimum absolute atomic E-state index is 0.187. The van der Waals surface area contributed by atoms with E-state index < -0.39 is 5.63 Å². The largest absolute Gasteiger partial charge is 0.507 e. The maximum atomic E-state index is 13.0. The Morgan fingerprint density at radius 2 is 2.10 bits per heavy atom. The Kier molecular flexibility index (Phi) is 4.59.